The van der Waals surface area contributed by atoms with Crippen molar-refractivity contribution in [2.45, 2.75) is 5.75 Å². The van der Waals surface area contributed by atoms with Crippen molar-refractivity contribution in [1.82, 2.24) is 5.43 Å². The van der Waals surface area contributed by atoms with Gasteiger partial charge in [0.1, 0.15) is 5.75 Å². The molecule has 0 aliphatic carbocycles. The molecule has 88 valence electrons. The molecule has 0 aliphatic rings. The summed E-state index contributed by atoms with van der Waals surface area (Å²) in [5, 5.41) is 4.60. The third-order valence-corrected chi connectivity index (χ3v) is 2.88. The molecule has 5 heteroatoms. The molecule has 16 heavy (non-hydrogen) atoms. The molecule has 0 saturated carbocycles. The van der Waals surface area contributed by atoms with E-state index in [-0.39, 0.29) is 0 Å². The van der Waals surface area contributed by atoms with Gasteiger partial charge in [0.2, 0.25) is 0 Å². The molecule has 0 fully saturated rings. The highest BCUT2D eigenvalue weighted by Crippen LogP contribution is 2.17. The zero-order valence-electron chi connectivity index (χ0n) is 9.69. The van der Waals surface area contributed by atoms with Gasteiger partial charge in [-0.2, -0.15) is 0 Å². The van der Waals surface area contributed by atoms with E-state index in [9.17, 15) is 0 Å². The number of thioether (sulfide) groups is 1. The van der Waals surface area contributed by atoms with E-state index in [0.29, 0.717) is 5.23 Å². The van der Waals surface area contributed by atoms with Crippen LogP contribution in [0.15, 0.2) is 29.4 Å². The van der Waals surface area contributed by atoms with Crippen LogP contribution in [0.5, 0.6) is 5.75 Å². The normalized spacial score (nSPS) is 11.1. The van der Waals surface area contributed by atoms with Gasteiger partial charge in [-0.25, -0.2) is 0 Å². The van der Waals surface area contributed by atoms with Crippen LogP contribution in [0, 0.1) is 0 Å². The minimum atomic E-state index is 0.623. The smallest absolute Gasteiger partial charge is 0.267 e. The third kappa shape index (κ3) is 4.02. The van der Waals surface area contributed by atoms with Crippen molar-refractivity contribution in [3.05, 3.63) is 29.8 Å². The van der Waals surface area contributed by atoms with E-state index in [1.54, 1.807) is 21.3 Å². The van der Waals surface area contributed by atoms with Gasteiger partial charge in [-0.05, 0) is 17.7 Å². The van der Waals surface area contributed by atoms with Crippen molar-refractivity contribution in [3.63, 3.8) is 0 Å². The van der Waals surface area contributed by atoms with Gasteiger partial charge in [-0.1, -0.05) is 23.9 Å². The predicted octanol–water partition coefficient (Wildman–Crippen LogP) is 2.07. The molecule has 0 aromatic heterocycles. The van der Waals surface area contributed by atoms with Crippen molar-refractivity contribution in [2.24, 2.45) is 5.10 Å². The number of nitrogens with one attached hydrogen (secondary N) is 1. The molecular formula is C11H16N2O2S. The van der Waals surface area contributed by atoms with Crippen LogP contribution in [-0.2, 0) is 10.5 Å². The molecule has 0 aliphatic heterocycles. The van der Waals surface area contributed by atoms with Crippen LogP contribution in [0.1, 0.15) is 5.56 Å². The van der Waals surface area contributed by atoms with E-state index >= 15 is 0 Å². The third-order valence-electron chi connectivity index (χ3n) is 1.90. The van der Waals surface area contributed by atoms with Crippen molar-refractivity contribution in [2.75, 3.05) is 21.3 Å². The van der Waals surface area contributed by atoms with Gasteiger partial charge in [0.25, 0.3) is 5.23 Å². The summed E-state index contributed by atoms with van der Waals surface area (Å²) >= 11 is 1.54. The zero-order chi connectivity index (χ0) is 11.8. The van der Waals surface area contributed by atoms with Crippen molar-refractivity contribution >= 4 is 17.0 Å². The van der Waals surface area contributed by atoms with E-state index in [2.05, 4.69) is 10.5 Å². The molecule has 0 bridgehead atoms. The lowest BCUT2D eigenvalue weighted by Crippen LogP contribution is -2.04. The topological polar surface area (TPSA) is 42.9 Å². The van der Waals surface area contributed by atoms with Crippen LogP contribution in [0.3, 0.4) is 0 Å². The Labute approximate surface area is 100 Å². The molecule has 4 nitrogen and oxygen atoms in total. The zero-order valence-corrected chi connectivity index (χ0v) is 10.5. The fourth-order valence-corrected chi connectivity index (χ4v) is 1.85. The fourth-order valence-electron chi connectivity index (χ4n) is 1.09. The van der Waals surface area contributed by atoms with E-state index < -0.39 is 0 Å². The predicted molar refractivity (Wildman–Crippen MR) is 67.8 cm³/mol. The molecule has 0 heterocycles. The second-order valence-corrected chi connectivity index (χ2v) is 3.87. The minimum absolute atomic E-state index is 0.623. The Kier molecular flexibility index (Phi) is 5.56. The Morgan fingerprint density at radius 2 is 2.00 bits per heavy atom. The summed E-state index contributed by atoms with van der Waals surface area (Å²) in [6.45, 7) is 0. The first-order valence-corrected chi connectivity index (χ1v) is 5.83. The Morgan fingerprint density at radius 3 is 2.50 bits per heavy atom. The van der Waals surface area contributed by atoms with Crippen molar-refractivity contribution < 1.29 is 9.47 Å². The largest absolute Gasteiger partial charge is 0.497 e. The quantitative estimate of drug-likeness (QED) is 0.497. The molecule has 1 rings (SSSR count). The molecule has 0 spiro atoms. The summed E-state index contributed by atoms with van der Waals surface area (Å²) in [6, 6.07) is 7.94. The first-order chi connectivity index (χ1) is 7.80. The maximum absolute atomic E-state index is 5.09. The van der Waals surface area contributed by atoms with Gasteiger partial charge in [0.05, 0.1) is 14.2 Å². The monoisotopic (exact) mass is 240 g/mol. The summed E-state index contributed by atoms with van der Waals surface area (Å²) in [4.78, 5) is 0. The lowest BCUT2D eigenvalue weighted by atomic mass is 10.2. The maximum atomic E-state index is 5.09. The molecule has 0 amide bonds. The molecule has 0 unspecified atom stereocenters. The second-order valence-electron chi connectivity index (χ2n) is 2.94. The second kappa shape index (κ2) is 7.00. The molecule has 1 N–H and O–H groups in total. The molecule has 1 aromatic carbocycles. The number of methoxy groups -OCH3 is 2. The fraction of sp³-hybridized carbons (Fsp3) is 0.364. The Bertz CT molecular complexity index is 338. The Hall–Kier alpha value is -1.36. The first kappa shape index (κ1) is 12.7. The van der Waals surface area contributed by atoms with Crippen LogP contribution >= 0.6 is 11.8 Å². The van der Waals surface area contributed by atoms with E-state index in [1.165, 1.54) is 17.3 Å². The van der Waals surface area contributed by atoms with Gasteiger partial charge < -0.3 is 14.9 Å². The molecule has 1 aromatic rings. The van der Waals surface area contributed by atoms with Crippen molar-refractivity contribution in [1.29, 1.82) is 0 Å². The number of ether oxygens (including phenoxy) is 2. The van der Waals surface area contributed by atoms with Gasteiger partial charge >= 0.3 is 0 Å². The summed E-state index contributed by atoms with van der Waals surface area (Å²) in [5.74, 6) is 1.68. The van der Waals surface area contributed by atoms with Crippen molar-refractivity contribution in [3.8, 4) is 5.75 Å². The SMILES string of the molecule is CN/N=C(/OC)SCc1ccc(OC)cc1. The average Bonchev–Trinajstić information content (AvgIpc) is 2.35. The van der Waals surface area contributed by atoms with Gasteiger partial charge in [-0.3, -0.25) is 0 Å². The van der Waals surface area contributed by atoms with Gasteiger partial charge in [0.15, 0.2) is 0 Å². The molecular weight excluding hydrogens is 224 g/mol. The number of hydrogen-bond acceptors (Lipinski definition) is 5. The van der Waals surface area contributed by atoms with Crippen LogP contribution in [0.2, 0.25) is 0 Å². The van der Waals surface area contributed by atoms with Gasteiger partial charge in [-0.15, -0.1) is 5.10 Å². The number of nitrogens with zero attached hydrogens (tertiary/aromatic N) is 1. The Balaban J connectivity index is 2.50. The highest BCUT2D eigenvalue weighted by Gasteiger charge is 2.01. The highest BCUT2D eigenvalue weighted by molar-refractivity contribution is 8.12. The highest BCUT2D eigenvalue weighted by atomic mass is 32.2. The van der Waals surface area contributed by atoms with Gasteiger partial charge in [0, 0.05) is 12.8 Å². The summed E-state index contributed by atoms with van der Waals surface area (Å²) in [7, 11) is 5.01. The summed E-state index contributed by atoms with van der Waals surface area (Å²) in [6.07, 6.45) is 0. The lowest BCUT2D eigenvalue weighted by Gasteiger charge is -2.05. The first-order valence-electron chi connectivity index (χ1n) is 4.84. The van der Waals surface area contributed by atoms with E-state index in [1.807, 2.05) is 24.3 Å². The number of hydrogen-bond donors (Lipinski definition) is 1. The standard InChI is InChI=1S/C11H16N2O2S/c1-12-13-11(15-3)16-8-9-4-6-10(14-2)7-5-9/h4-7,12H,8H2,1-3H3/b13-11-. The van der Waals surface area contributed by atoms with Crippen LogP contribution in [-0.4, -0.2) is 26.5 Å². The van der Waals surface area contributed by atoms with Crippen LogP contribution < -0.4 is 10.2 Å². The van der Waals surface area contributed by atoms with E-state index in [0.717, 1.165) is 11.5 Å². The molecule has 0 radical (unpaired) electrons. The van der Waals surface area contributed by atoms with Crippen LogP contribution in [0.4, 0.5) is 0 Å². The molecule has 0 atom stereocenters. The Morgan fingerprint density at radius 1 is 1.31 bits per heavy atom. The maximum Gasteiger partial charge on any atom is 0.267 e. The lowest BCUT2D eigenvalue weighted by molar-refractivity contribution is 0.411. The summed E-state index contributed by atoms with van der Waals surface area (Å²) < 4.78 is 10.2. The number of benzene rings is 1. The number of rotatable bonds is 4. The molecule has 0 saturated heterocycles. The number of hydrazone groups is 1. The summed E-state index contributed by atoms with van der Waals surface area (Å²) in [5.41, 5.74) is 3.90. The average molecular weight is 240 g/mol. The minimum Gasteiger partial charge on any atom is -0.497 e. The van der Waals surface area contributed by atoms with E-state index in [4.69, 9.17) is 9.47 Å². The van der Waals surface area contributed by atoms with Crippen LogP contribution in [0.25, 0.3) is 0 Å².